The normalized spacial score (nSPS) is 13.4. The molecule has 3 rings (SSSR count). The standard InChI is InChI=1S/C22H25F2N3O3.C2H2O4/c1-25(15-17-7-9-19(10-8-17)30-22(23)24)20(28)16-26-11-13-27(14-12-26)21(29)18-5-3-2-4-6-18;3-1(4)2(5)6/h2-10,22H,11-16H2,1H3;(H,3,4)(H,5,6). The molecular weight excluding hydrogens is 480 g/mol. The zero-order valence-electron chi connectivity index (χ0n) is 19.5. The molecule has 10 nitrogen and oxygen atoms in total. The fourth-order valence-electron chi connectivity index (χ4n) is 3.32. The molecule has 1 saturated heterocycles. The molecule has 0 aromatic heterocycles. The molecule has 2 amide bonds. The van der Waals surface area contributed by atoms with E-state index in [4.69, 9.17) is 19.8 Å². The van der Waals surface area contributed by atoms with Crippen LogP contribution in [0.5, 0.6) is 5.75 Å². The number of piperazine rings is 1. The Bertz CT molecular complexity index is 1020. The van der Waals surface area contributed by atoms with E-state index in [2.05, 4.69) is 4.74 Å². The van der Waals surface area contributed by atoms with E-state index in [9.17, 15) is 18.4 Å². The highest BCUT2D eigenvalue weighted by Crippen LogP contribution is 2.16. The molecule has 0 spiro atoms. The van der Waals surface area contributed by atoms with Gasteiger partial charge in [-0.2, -0.15) is 8.78 Å². The molecular formula is C24H27F2N3O7. The van der Waals surface area contributed by atoms with E-state index >= 15 is 0 Å². The van der Waals surface area contributed by atoms with Gasteiger partial charge in [0.25, 0.3) is 5.91 Å². The van der Waals surface area contributed by atoms with E-state index in [1.165, 1.54) is 12.1 Å². The molecule has 0 radical (unpaired) electrons. The van der Waals surface area contributed by atoms with Crippen molar-refractivity contribution in [3.8, 4) is 5.75 Å². The van der Waals surface area contributed by atoms with E-state index in [-0.39, 0.29) is 24.1 Å². The van der Waals surface area contributed by atoms with Gasteiger partial charge in [0.2, 0.25) is 5.91 Å². The predicted octanol–water partition coefficient (Wildman–Crippen LogP) is 1.86. The number of alkyl halides is 2. The molecule has 194 valence electrons. The van der Waals surface area contributed by atoms with Crippen LogP contribution in [0.3, 0.4) is 0 Å². The molecule has 1 fully saturated rings. The summed E-state index contributed by atoms with van der Waals surface area (Å²) in [5, 5.41) is 14.8. The van der Waals surface area contributed by atoms with Crippen LogP contribution in [0.1, 0.15) is 15.9 Å². The van der Waals surface area contributed by atoms with Gasteiger partial charge in [-0.3, -0.25) is 14.5 Å². The van der Waals surface area contributed by atoms with Gasteiger partial charge in [0.05, 0.1) is 6.54 Å². The second-order valence-corrected chi connectivity index (χ2v) is 7.82. The van der Waals surface area contributed by atoms with Crippen LogP contribution in [0, 0.1) is 0 Å². The molecule has 2 aromatic rings. The van der Waals surface area contributed by atoms with Crippen molar-refractivity contribution in [3.63, 3.8) is 0 Å². The van der Waals surface area contributed by atoms with Gasteiger partial charge in [-0.05, 0) is 29.8 Å². The fraction of sp³-hybridized carbons (Fsp3) is 0.333. The maximum absolute atomic E-state index is 12.5. The molecule has 36 heavy (non-hydrogen) atoms. The third kappa shape index (κ3) is 9.29. The van der Waals surface area contributed by atoms with Crippen molar-refractivity contribution in [3.05, 3.63) is 65.7 Å². The summed E-state index contributed by atoms with van der Waals surface area (Å²) >= 11 is 0. The minimum Gasteiger partial charge on any atom is -0.473 e. The third-order valence-electron chi connectivity index (χ3n) is 5.22. The molecule has 2 aromatic carbocycles. The number of amides is 2. The first-order chi connectivity index (χ1) is 17.1. The van der Waals surface area contributed by atoms with Gasteiger partial charge in [-0.1, -0.05) is 30.3 Å². The smallest absolute Gasteiger partial charge is 0.414 e. The van der Waals surface area contributed by atoms with Crippen LogP contribution >= 0.6 is 0 Å². The molecule has 1 heterocycles. The number of halogens is 2. The Morgan fingerprint density at radius 2 is 1.47 bits per heavy atom. The number of carbonyl (C=O) groups is 4. The van der Waals surface area contributed by atoms with Crippen molar-refractivity contribution in [1.29, 1.82) is 0 Å². The number of benzene rings is 2. The van der Waals surface area contributed by atoms with Crippen molar-refractivity contribution in [2.45, 2.75) is 13.2 Å². The summed E-state index contributed by atoms with van der Waals surface area (Å²) in [4.78, 5) is 48.7. The predicted molar refractivity (Wildman–Crippen MR) is 124 cm³/mol. The Morgan fingerprint density at radius 3 is 1.97 bits per heavy atom. The number of carbonyl (C=O) groups excluding carboxylic acids is 2. The van der Waals surface area contributed by atoms with Crippen molar-refractivity contribution in [1.82, 2.24) is 14.7 Å². The van der Waals surface area contributed by atoms with Crippen molar-refractivity contribution in [2.24, 2.45) is 0 Å². The Balaban J connectivity index is 0.000000678. The zero-order chi connectivity index (χ0) is 26.7. The highest BCUT2D eigenvalue weighted by molar-refractivity contribution is 6.27. The van der Waals surface area contributed by atoms with E-state index in [1.54, 1.807) is 36.2 Å². The van der Waals surface area contributed by atoms with E-state index < -0.39 is 18.6 Å². The van der Waals surface area contributed by atoms with Gasteiger partial charge in [0, 0.05) is 45.3 Å². The molecule has 0 aliphatic carbocycles. The Hall–Kier alpha value is -4.06. The van der Waals surface area contributed by atoms with Crippen molar-refractivity contribution in [2.75, 3.05) is 39.8 Å². The van der Waals surface area contributed by atoms with Gasteiger partial charge >= 0.3 is 18.6 Å². The van der Waals surface area contributed by atoms with Crippen LogP contribution in [0.15, 0.2) is 54.6 Å². The van der Waals surface area contributed by atoms with Crippen LogP contribution in [0.4, 0.5) is 8.78 Å². The number of likely N-dealkylation sites (N-methyl/N-ethyl adjacent to an activating group) is 1. The van der Waals surface area contributed by atoms with Crippen LogP contribution < -0.4 is 4.74 Å². The van der Waals surface area contributed by atoms with Crippen LogP contribution in [-0.4, -0.2) is 95.0 Å². The number of nitrogens with zero attached hydrogens (tertiary/aromatic N) is 3. The lowest BCUT2D eigenvalue weighted by Gasteiger charge is -2.35. The Labute approximate surface area is 206 Å². The lowest BCUT2D eigenvalue weighted by atomic mass is 10.2. The van der Waals surface area contributed by atoms with Crippen LogP contribution in [0.25, 0.3) is 0 Å². The maximum Gasteiger partial charge on any atom is 0.414 e. The topological polar surface area (TPSA) is 128 Å². The lowest BCUT2D eigenvalue weighted by molar-refractivity contribution is -0.159. The van der Waals surface area contributed by atoms with Gasteiger partial charge in [-0.25, -0.2) is 9.59 Å². The molecule has 0 saturated carbocycles. The lowest BCUT2D eigenvalue weighted by Crippen LogP contribution is -2.51. The van der Waals surface area contributed by atoms with E-state index in [0.29, 0.717) is 38.3 Å². The Morgan fingerprint density at radius 1 is 0.917 bits per heavy atom. The molecule has 12 heteroatoms. The average Bonchev–Trinajstić information content (AvgIpc) is 2.85. The second kappa shape index (κ2) is 13.7. The quantitative estimate of drug-likeness (QED) is 0.544. The highest BCUT2D eigenvalue weighted by atomic mass is 19.3. The molecule has 1 aliphatic rings. The summed E-state index contributed by atoms with van der Waals surface area (Å²) in [5.41, 5.74) is 1.50. The highest BCUT2D eigenvalue weighted by Gasteiger charge is 2.24. The van der Waals surface area contributed by atoms with Gasteiger partial charge in [-0.15, -0.1) is 0 Å². The third-order valence-corrected chi connectivity index (χ3v) is 5.22. The monoisotopic (exact) mass is 507 g/mol. The van der Waals surface area contributed by atoms with E-state index in [0.717, 1.165) is 5.56 Å². The summed E-state index contributed by atoms with van der Waals surface area (Å²) in [6.45, 7) is 0.224. The number of hydrogen-bond donors (Lipinski definition) is 2. The summed E-state index contributed by atoms with van der Waals surface area (Å²) in [5.74, 6) is -3.58. The second-order valence-electron chi connectivity index (χ2n) is 7.82. The summed E-state index contributed by atoms with van der Waals surface area (Å²) in [6, 6.07) is 15.4. The SMILES string of the molecule is CN(Cc1ccc(OC(F)F)cc1)C(=O)CN1CCN(C(=O)c2ccccc2)CC1.O=C(O)C(=O)O. The first-order valence-corrected chi connectivity index (χ1v) is 10.9. The van der Waals surface area contributed by atoms with Gasteiger partial charge in [0.15, 0.2) is 0 Å². The molecule has 0 bridgehead atoms. The molecule has 0 atom stereocenters. The first-order valence-electron chi connectivity index (χ1n) is 10.9. The first kappa shape index (κ1) is 28.2. The number of ether oxygens (including phenoxy) is 1. The number of hydrogen-bond acceptors (Lipinski definition) is 6. The minimum atomic E-state index is -2.86. The largest absolute Gasteiger partial charge is 0.473 e. The summed E-state index contributed by atoms with van der Waals surface area (Å²) in [6.07, 6.45) is 0. The van der Waals surface area contributed by atoms with Gasteiger partial charge in [0.1, 0.15) is 5.75 Å². The number of carboxylic acids is 2. The zero-order valence-corrected chi connectivity index (χ0v) is 19.5. The van der Waals surface area contributed by atoms with Crippen LogP contribution in [0.2, 0.25) is 0 Å². The van der Waals surface area contributed by atoms with Crippen LogP contribution in [-0.2, 0) is 20.9 Å². The fourth-order valence-corrected chi connectivity index (χ4v) is 3.32. The Kier molecular flexibility index (Phi) is 10.7. The van der Waals surface area contributed by atoms with Crippen molar-refractivity contribution >= 4 is 23.8 Å². The summed E-state index contributed by atoms with van der Waals surface area (Å²) in [7, 11) is 1.71. The number of aliphatic carboxylic acids is 2. The molecule has 2 N–H and O–H groups in total. The average molecular weight is 507 g/mol. The number of carboxylic acid groups (broad SMARTS) is 2. The molecule has 1 aliphatic heterocycles. The van der Waals surface area contributed by atoms with Gasteiger partial charge < -0.3 is 24.7 Å². The van der Waals surface area contributed by atoms with E-state index in [1.807, 2.05) is 28.0 Å². The minimum absolute atomic E-state index is 0.0120. The summed E-state index contributed by atoms with van der Waals surface area (Å²) < 4.78 is 28.8. The van der Waals surface area contributed by atoms with Crippen molar-refractivity contribution < 1.29 is 42.9 Å². The number of rotatable bonds is 7. The maximum atomic E-state index is 12.5. The molecule has 0 unspecified atom stereocenters.